The molecule has 0 fully saturated rings. The molecule has 2 heterocycles. The highest BCUT2D eigenvalue weighted by atomic mass is 16.5. The van der Waals surface area contributed by atoms with Gasteiger partial charge in [0.15, 0.2) is 0 Å². The Morgan fingerprint density at radius 1 is 1.64 bits per heavy atom. The average molecular weight is 198 g/mol. The van der Waals surface area contributed by atoms with E-state index in [1.165, 1.54) is 4.68 Å². The Morgan fingerprint density at radius 3 is 3.21 bits per heavy atom. The topological polar surface area (TPSA) is 61.1 Å². The maximum atomic E-state index is 11.7. The monoisotopic (exact) mass is 198 g/mol. The lowest BCUT2D eigenvalue weighted by atomic mass is 10.4. The molecule has 0 atom stereocenters. The van der Waals surface area contributed by atoms with E-state index in [-0.39, 0.29) is 5.69 Å². The molecule has 0 bridgehead atoms. The van der Waals surface area contributed by atoms with Crippen molar-refractivity contribution in [1.82, 2.24) is 19.7 Å². The van der Waals surface area contributed by atoms with E-state index in [2.05, 4.69) is 10.4 Å². The van der Waals surface area contributed by atoms with Gasteiger partial charge in [-0.25, -0.2) is 9.48 Å². The lowest BCUT2D eigenvalue weighted by Gasteiger charge is -2.11. The van der Waals surface area contributed by atoms with Crippen LogP contribution in [-0.4, -0.2) is 34.6 Å². The first-order valence-corrected chi connectivity index (χ1v) is 4.69. The molecule has 0 saturated carbocycles. The summed E-state index contributed by atoms with van der Waals surface area (Å²) in [7, 11) is 1.61. The maximum Gasteiger partial charge on any atom is 0.346 e. The van der Waals surface area contributed by atoms with Gasteiger partial charge in [-0.15, -0.1) is 0 Å². The van der Waals surface area contributed by atoms with Crippen molar-refractivity contribution in [3.05, 3.63) is 16.3 Å². The third kappa shape index (κ3) is 1.58. The molecule has 1 aliphatic heterocycles. The summed E-state index contributed by atoms with van der Waals surface area (Å²) < 4.78 is 8.09. The molecule has 0 radical (unpaired) electrons. The van der Waals surface area contributed by atoms with Crippen molar-refractivity contribution >= 4 is 0 Å². The van der Waals surface area contributed by atoms with Crippen LogP contribution >= 0.6 is 0 Å². The Kier molecular flexibility index (Phi) is 2.64. The lowest BCUT2D eigenvalue weighted by molar-refractivity contribution is 0.182. The predicted molar refractivity (Wildman–Crippen MR) is 50.1 cm³/mol. The Bertz CT molecular complexity index is 368. The molecule has 1 aromatic rings. The van der Waals surface area contributed by atoms with Gasteiger partial charge in [0.1, 0.15) is 5.82 Å². The molecular weight excluding hydrogens is 184 g/mol. The van der Waals surface area contributed by atoms with Gasteiger partial charge in [-0.2, -0.15) is 5.10 Å². The summed E-state index contributed by atoms with van der Waals surface area (Å²) in [5.74, 6) is 0.817. The van der Waals surface area contributed by atoms with Crippen LogP contribution in [0, 0.1) is 0 Å². The summed E-state index contributed by atoms with van der Waals surface area (Å²) in [4.78, 5) is 11.7. The fourth-order valence-corrected chi connectivity index (χ4v) is 1.56. The van der Waals surface area contributed by atoms with E-state index in [9.17, 15) is 4.79 Å². The number of methoxy groups -OCH3 is 1. The van der Waals surface area contributed by atoms with E-state index in [0.717, 1.165) is 12.4 Å². The summed E-state index contributed by atoms with van der Waals surface area (Å²) in [5.41, 5.74) is -0.0291. The molecular formula is C8H14N4O2. The standard InChI is InChI=1S/C8H14N4O2/c1-14-5-4-12-8(13)11-3-2-9-6-7(11)10-12/h9H,2-6H2,1H3. The smallest absolute Gasteiger partial charge is 0.346 e. The number of nitrogens with zero attached hydrogens (tertiary/aromatic N) is 3. The zero-order valence-electron chi connectivity index (χ0n) is 8.19. The molecule has 1 aromatic heterocycles. The number of hydrogen-bond acceptors (Lipinski definition) is 4. The molecule has 1 N–H and O–H groups in total. The summed E-state index contributed by atoms with van der Waals surface area (Å²) in [6, 6.07) is 0. The molecule has 6 nitrogen and oxygen atoms in total. The molecule has 14 heavy (non-hydrogen) atoms. The highest BCUT2D eigenvalue weighted by Gasteiger charge is 2.15. The molecule has 2 rings (SSSR count). The van der Waals surface area contributed by atoms with Crippen LogP contribution in [-0.2, 0) is 24.4 Å². The van der Waals surface area contributed by atoms with Gasteiger partial charge in [0.25, 0.3) is 0 Å². The molecule has 0 aliphatic carbocycles. The highest BCUT2D eigenvalue weighted by Crippen LogP contribution is 1.97. The van der Waals surface area contributed by atoms with Gasteiger partial charge >= 0.3 is 5.69 Å². The Hall–Kier alpha value is -1.14. The number of ether oxygens (including phenoxy) is 1. The zero-order chi connectivity index (χ0) is 9.97. The molecule has 78 valence electrons. The Labute approximate surface area is 81.5 Å². The molecule has 0 spiro atoms. The third-order valence-electron chi connectivity index (χ3n) is 2.30. The average Bonchev–Trinajstić information content (AvgIpc) is 2.54. The van der Waals surface area contributed by atoms with Gasteiger partial charge in [-0.05, 0) is 0 Å². The van der Waals surface area contributed by atoms with E-state index in [1.54, 1.807) is 11.7 Å². The number of aromatic nitrogens is 3. The third-order valence-corrected chi connectivity index (χ3v) is 2.30. The molecule has 0 unspecified atom stereocenters. The Balaban J connectivity index is 2.25. The largest absolute Gasteiger partial charge is 0.383 e. The minimum atomic E-state index is -0.0291. The maximum absolute atomic E-state index is 11.7. The quantitative estimate of drug-likeness (QED) is 0.662. The zero-order valence-corrected chi connectivity index (χ0v) is 8.19. The van der Waals surface area contributed by atoms with Crippen molar-refractivity contribution in [2.45, 2.75) is 19.6 Å². The minimum absolute atomic E-state index is 0.0291. The van der Waals surface area contributed by atoms with Crippen LogP contribution in [0.4, 0.5) is 0 Å². The van der Waals surface area contributed by atoms with Crippen molar-refractivity contribution in [3.8, 4) is 0 Å². The minimum Gasteiger partial charge on any atom is -0.383 e. The van der Waals surface area contributed by atoms with Crippen molar-refractivity contribution < 1.29 is 4.74 Å². The molecule has 6 heteroatoms. The number of rotatable bonds is 3. The van der Waals surface area contributed by atoms with Crippen molar-refractivity contribution in [2.24, 2.45) is 0 Å². The van der Waals surface area contributed by atoms with E-state index in [0.29, 0.717) is 26.2 Å². The van der Waals surface area contributed by atoms with Crippen LogP contribution < -0.4 is 11.0 Å². The highest BCUT2D eigenvalue weighted by molar-refractivity contribution is 4.90. The van der Waals surface area contributed by atoms with Gasteiger partial charge in [-0.1, -0.05) is 0 Å². The van der Waals surface area contributed by atoms with Gasteiger partial charge in [0, 0.05) is 20.2 Å². The summed E-state index contributed by atoms with van der Waals surface area (Å²) in [6.45, 7) is 3.26. The van der Waals surface area contributed by atoms with Gasteiger partial charge in [-0.3, -0.25) is 4.57 Å². The van der Waals surface area contributed by atoms with Gasteiger partial charge in [0.05, 0.1) is 19.7 Å². The van der Waals surface area contributed by atoms with Gasteiger partial charge < -0.3 is 10.1 Å². The number of fused-ring (bicyclic) bond motifs is 1. The van der Waals surface area contributed by atoms with Crippen molar-refractivity contribution in [2.75, 3.05) is 20.3 Å². The molecule has 0 saturated heterocycles. The van der Waals surface area contributed by atoms with E-state index in [4.69, 9.17) is 4.74 Å². The molecule has 0 amide bonds. The molecule has 0 aromatic carbocycles. The van der Waals surface area contributed by atoms with Gasteiger partial charge in [0.2, 0.25) is 0 Å². The van der Waals surface area contributed by atoms with Crippen molar-refractivity contribution in [1.29, 1.82) is 0 Å². The fraction of sp³-hybridized carbons (Fsp3) is 0.750. The lowest BCUT2D eigenvalue weighted by Crippen LogP contribution is -2.34. The second kappa shape index (κ2) is 3.93. The first-order valence-electron chi connectivity index (χ1n) is 4.69. The van der Waals surface area contributed by atoms with Crippen molar-refractivity contribution in [3.63, 3.8) is 0 Å². The number of nitrogens with one attached hydrogen (secondary N) is 1. The summed E-state index contributed by atoms with van der Waals surface area (Å²) in [6.07, 6.45) is 0. The van der Waals surface area contributed by atoms with Crippen LogP contribution in [0.1, 0.15) is 5.82 Å². The van der Waals surface area contributed by atoms with E-state index >= 15 is 0 Å². The van der Waals surface area contributed by atoms with Crippen LogP contribution in [0.2, 0.25) is 0 Å². The van der Waals surface area contributed by atoms with Crippen LogP contribution in [0.5, 0.6) is 0 Å². The van der Waals surface area contributed by atoms with Crippen LogP contribution in [0.3, 0.4) is 0 Å². The molecule has 1 aliphatic rings. The summed E-state index contributed by atoms with van der Waals surface area (Å²) >= 11 is 0. The first-order chi connectivity index (χ1) is 6.83. The fourth-order valence-electron chi connectivity index (χ4n) is 1.56. The van der Waals surface area contributed by atoms with E-state index in [1.807, 2.05) is 0 Å². The van der Waals surface area contributed by atoms with Crippen LogP contribution in [0.15, 0.2) is 4.79 Å². The SMILES string of the molecule is COCCn1nc2n(c1=O)CCNC2. The van der Waals surface area contributed by atoms with Crippen LogP contribution in [0.25, 0.3) is 0 Å². The first kappa shape index (κ1) is 9.42. The number of hydrogen-bond donors (Lipinski definition) is 1. The normalized spacial score (nSPS) is 15.5. The predicted octanol–water partition coefficient (Wildman–Crippen LogP) is -1.21. The summed E-state index contributed by atoms with van der Waals surface area (Å²) in [5, 5.41) is 7.38. The second-order valence-electron chi connectivity index (χ2n) is 3.24. The Morgan fingerprint density at radius 2 is 2.50 bits per heavy atom. The van der Waals surface area contributed by atoms with E-state index < -0.39 is 0 Å². The second-order valence-corrected chi connectivity index (χ2v) is 3.24.